The lowest BCUT2D eigenvalue weighted by atomic mass is 10.0. The molecule has 2 amide bonds. The summed E-state index contributed by atoms with van der Waals surface area (Å²) in [4.78, 5) is 41.6. The van der Waals surface area contributed by atoms with Gasteiger partial charge in [0, 0.05) is 42.2 Å². The second-order valence-corrected chi connectivity index (χ2v) is 13.9. The van der Waals surface area contributed by atoms with Gasteiger partial charge in [-0.1, -0.05) is 146 Å². The van der Waals surface area contributed by atoms with Gasteiger partial charge in [0.25, 0.3) is 5.91 Å². The van der Waals surface area contributed by atoms with Crippen molar-refractivity contribution in [3.05, 3.63) is 33.0 Å². The summed E-state index contributed by atoms with van der Waals surface area (Å²) in [5, 5.41) is 3.05. The van der Waals surface area contributed by atoms with Gasteiger partial charge in [-0.15, -0.1) is 11.3 Å². The number of aryl methyl sites for hydroxylation is 1. The summed E-state index contributed by atoms with van der Waals surface area (Å²) in [5.41, 5.74) is 2.01. The fourth-order valence-electron chi connectivity index (χ4n) is 5.51. The highest BCUT2D eigenvalue weighted by Crippen LogP contribution is 2.33. The van der Waals surface area contributed by atoms with Crippen LogP contribution in [0, 0.1) is 6.92 Å². The van der Waals surface area contributed by atoms with Crippen LogP contribution in [0.4, 0.5) is 0 Å². The summed E-state index contributed by atoms with van der Waals surface area (Å²) in [6.07, 6.45) is 27.8. The van der Waals surface area contributed by atoms with Crippen molar-refractivity contribution in [3.63, 3.8) is 0 Å². The Balaban J connectivity index is -0.000000612. The minimum Gasteiger partial charge on any atom is -0.351 e. The molecule has 2 heterocycles. The van der Waals surface area contributed by atoms with E-state index in [-0.39, 0.29) is 11.8 Å². The summed E-state index contributed by atoms with van der Waals surface area (Å²) in [7, 11) is 4.01. The molecule has 7 heteroatoms. The smallest absolute Gasteiger partial charge is 0.252 e. The standard InChI is InChI=1S/C30H51N3O2S.C7H14O.4C2H6/c1-5-6-7-8-9-10-11-12-13-14-15-16-17-18-19-28(34)33-22-20-26-27(24-33)36-25(2)29(26)30(35)31-21-23-32(3)4;1-2-3-4-5-6-7-8;4*1-2/h11-12H,5-10,13-24H2,1-4H3,(H,31,35);7H,2-6H2,1H3;4*1-2H3/b12-11-;;;;;. The Hall–Kier alpha value is -1.99. The molecular formula is C45H89N3O3S. The van der Waals surface area contributed by atoms with Gasteiger partial charge in [-0.25, -0.2) is 0 Å². The third-order valence-corrected chi connectivity index (χ3v) is 9.37. The zero-order valence-electron chi connectivity index (χ0n) is 37.0. The van der Waals surface area contributed by atoms with Gasteiger partial charge in [0.15, 0.2) is 0 Å². The third kappa shape index (κ3) is 31.5. The summed E-state index contributed by atoms with van der Waals surface area (Å²) >= 11 is 1.68. The molecular weight excluding hydrogens is 663 g/mol. The lowest BCUT2D eigenvalue weighted by molar-refractivity contribution is -0.132. The van der Waals surface area contributed by atoms with Gasteiger partial charge in [-0.05, 0) is 71.5 Å². The van der Waals surface area contributed by atoms with Gasteiger partial charge in [0.1, 0.15) is 6.29 Å². The minimum atomic E-state index is 0.0320. The number of unbranched alkanes of at least 4 members (excludes halogenated alkanes) is 14. The Morgan fingerprint density at radius 2 is 1.21 bits per heavy atom. The fraction of sp³-hybridized carbons (Fsp3) is 0.800. The molecule has 1 N–H and O–H groups in total. The van der Waals surface area contributed by atoms with Crippen molar-refractivity contribution < 1.29 is 14.4 Å². The third-order valence-electron chi connectivity index (χ3n) is 8.24. The molecule has 0 bridgehead atoms. The molecule has 0 atom stereocenters. The Bertz CT molecular complexity index is 942. The van der Waals surface area contributed by atoms with Crippen molar-refractivity contribution in [2.75, 3.05) is 33.7 Å². The van der Waals surface area contributed by atoms with Crippen LogP contribution < -0.4 is 5.32 Å². The quantitative estimate of drug-likeness (QED) is 0.0687. The number of fused-ring (bicyclic) bond motifs is 1. The summed E-state index contributed by atoms with van der Waals surface area (Å²) in [6.45, 7) is 25.3. The molecule has 0 aliphatic carbocycles. The second-order valence-electron chi connectivity index (χ2n) is 12.6. The zero-order valence-corrected chi connectivity index (χ0v) is 37.8. The highest BCUT2D eigenvalue weighted by molar-refractivity contribution is 7.12. The lowest BCUT2D eigenvalue weighted by Gasteiger charge is -2.27. The summed E-state index contributed by atoms with van der Waals surface area (Å²) in [6, 6.07) is 0. The number of likely N-dealkylation sites (N-methyl/N-ethyl adjacent to an activating group) is 1. The monoisotopic (exact) mass is 752 g/mol. The SMILES string of the molecule is CC.CC.CC.CC.CCCCCCC/C=C\CCCCCCCC(=O)N1CCc2c(sc(C)c2C(=O)NCCN(C)C)C1.CCCCCCC=O. The number of hydrogen-bond donors (Lipinski definition) is 1. The molecule has 0 aromatic carbocycles. The fourth-order valence-corrected chi connectivity index (χ4v) is 6.75. The van der Waals surface area contributed by atoms with Gasteiger partial charge in [0.05, 0.1) is 12.1 Å². The second kappa shape index (κ2) is 45.2. The van der Waals surface area contributed by atoms with Gasteiger partial charge in [0.2, 0.25) is 5.91 Å². The Morgan fingerprint density at radius 3 is 1.73 bits per heavy atom. The molecule has 0 fully saturated rings. The van der Waals surface area contributed by atoms with E-state index in [9.17, 15) is 14.4 Å². The van der Waals surface area contributed by atoms with Gasteiger partial charge in [-0.3, -0.25) is 9.59 Å². The molecule has 1 aromatic heterocycles. The normalized spacial score (nSPS) is 11.2. The maximum atomic E-state index is 12.8. The molecule has 52 heavy (non-hydrogen) atoms. The van der Waals surface area contributed by atoms with E-state index in [1.54, 1.807) is 11.3 Å². The number of amides is 2. The topological polar surface area (TPSA) is 69.7 Å². The van der Waals surface area contributed by atoms with Crippen molar-refractivity contribution in [2.24, 2.45) is 0 Å². The molecule has 1 aliphatic rings. The Morgan fingerprint density at radius 1 is 0.731 bits per heavy atom. The average molecular weight is 752 g/mol. The first-order valence-electron chi connectivity index (χ1n) is 21.8. The number of aldehydes is 1. The van der Waals surface area contributed by atoms with Crippen molar-refractivity contribution in [2.45, 2.75) is 205 Å². The number of thiophene rings is 1. The van der Waals surface area contributed by atoms with Crippen LogP contribution in [-0.2, 0) is 22.6 Å². The predicted molar refractivity (Wildman–Crippen MR) is 234 cm³/mol. The molecule has 0 radical (unpaired) electrons. The summed E-state index contributed by atoms with van der Waals surface area (Å²) < 4.78 is 0. The maximum Gasteiger partial charge on any atom is 0.252 e. The van der Waals surface area contributed by atoms with Crippen LogP contribution in [0.2, 0.25) is 0 Å². The van der Waals surface area contributed by atoms with E-state index in [0.29, 0.717) is 19.5 Å². The van der Waals surface area contributed by atoms with E-state index >= 15 is 0 Å². The Labute approximate surface area is 329 Å². The van der Waals surface area contributed by atoms with Gasteiger partial charge in [-0.2, -0.15) is 0 Å². The van der Waals surface area contributed by atoms with Crippen LogP contribution in [0.1, 0.15) is 210 Å². The van der Waals surface area contributed by atoms with E-state index in [1.807, 2.05) is 81.3 Å². The van der Waals surface area contributed by atoms with Gasteiger partial charge < -0.3 is 19.9 Å². The van der Waals surface area contributed by atoms with Crippen molar-refractivity contribution in [1.82, 2.24) is 15.1 Å². The first-order valence-corrected chi connectivity index (χ1v) is 22.6. The predicted octanol–water partition coefficient (Wildman–Crippen LogP) is 13.1. The first-order chi connectivity index (χ1) is 25.3. The molecule has 0 unspecified atom stereocenters. The molecule has 1 aromatic rings. The van der Waals surface area contributed by atoms with Crippen LogP contribution in [0.3, 0.4) is 0 Å². The van der Waals surface area contributed by atoms with Crippen LogP contribution >= 0.6 is 11.3 Å². The molecule has 2 rings (SSSR count). The van der Waals surface area contributed by atoms with Gasteiger partial charge >= 0.3 is 0 Å². The maximum absolute atomic E-state index is 12.8. The molecule has 6 nitrogen and oxygen atoms in total. The lowest BCUT2D eigenvalue weighted by Crippen LogP contribution is -2.36. The first kappa shape index (κ1) is 56.7. The highest BCUT2D eigenvalue weighted by Gasteiger charge is 2.28. The van der Waals surface area contributed by atoms with Crippen molar-refractivity contribution in [1.29, 1.82) is 0 Å². The molecule has 308 valence electrons. The summed E-state index contributed by atoms with van der Waals surface area (Å²) in [5.74, 6) is 0.301. The van der Waals surface area contributed by atoms with Crippen LogP contribution in [0.15, 0.2) is 12.2 Å². The molecule has 0 spiro atoms. The number of nitrogens with one attached hydrogen (secondary N) is 1. The van der Waals surface area contributed by atoms with E-state index in [1.165, 1.54) is 88.3 Å². The van der Waals surface area contributed by atoms with E-state index in [2.05, 4.69) is 36.2 Å². The van der Waals surface area contributed by atoms with E-state index in [0.717, 1.165) is 67.5 Å². The number of nitrogens with zero attached hydrogens (tertiary/aromatic N) is 2. The molecule has 0 saturated heterocycles. The van der Waals surface area contributed by atoms with Crippen LogP contribution in [0.5, 0.6) is 0 Å². The number of hydrogen-bond acceptors (Lipinski definition) is 5. The van der Waals surface area contributed by atoms with E-state index < -0.39 is 0 Å². The number of allylic oxidation sites excluding steroid dienone is 2. The van der Waals surface area contributed by atoms with Crippen LogP contribution in [-0.4, -0.2) is 61.6 Å². The van der Waals surface area contributed by atoms with Crippen LogP contribution in [0.25, 0.3) is 0 Å². The highest BCUT2D eigenvalue weighted by atomic mass is 32.1. The van der Waals surface area contributed by atoms with Crippen molar-refractivity contribution >= 4 is 29.4 Å². The zero-order chi connectivity index (χ0) is 40.4. The number of carbonyl (C=O) groups is 3. The molecule has 1 aliphatic heterocycles. The molecule has 0 saturated carbocycles. The average Bonchev–Trinajstić information content (AvgIpc) is 3.51. The Kier molecular flexibility index (Phi) is 49.3. The number of rotatable bonds is 23. The largest absolute Gasteiger partial charge is 0.351 e. The van der Waals surface area contributed by atoms with Crippen molar-refractivity contribution in [3.8, 4) is 0 Å². The minimum absolute atomic E-state index is 0.0320. The van der Waals surface area contributed by atoms with E-state index in [4.69, 9.17) is 0 Å². The number of carbonyl (C=O) groups excluding carboxylic acids is 3.